The lowest BCUT2D eigenvalue weighted by Gasteiger charge is -2.01. The van der Waals surface area contributed by atoms with Crippen LogP contribution < -0.4 is 10.7 Å². The number of rotatable bonds is 3. The molecule has 0 aliphatic carbocycles. The van der Waals surface area contributed by atoms with Crippen molar-refractivity contribution in [1.82, 2.24) is 14.9 Å². The molecule has 7 nitrogen and oxygen atoms in total. The Morgan fingerprint density at radius 2 is 2.11 bits per heavy atom. The van der Waals surface area contributed by atoms with E-state index in [1.54, 1.807) is 0 Å². The van der Waals surface area contributed by atoms with E-state index in [2.05, 4.69) is 15.3 Å². The number of nitrogens with zero attached hydrogens (tertiary/aromatic N) is 3. The van der Waals surface area contributed by atoms with E-state index in [4.69, 9.17) is 12.2 Å². The largest absolute Gasteiger partial charge is 0.545 e. The van der Waals surface area contributed by atoms with Gasteiger partial charge in [0, 0.05) is 0 Å². The highest BCUT2D eigenvalue weighted by Crippen LogP contribution is 2.01. The Kier molecular flexibility index (Phi) is 3.62. The van der Waals surface area contributed by atoms with Gasteiger partial charge in [0.05, 0.1) is 12.2 Å². The van der Waals surface area contributed by atoms with E-state index >= 15 is 0 Å². The molecule has 0 aliphatic heterocycles. The first kappa shape index (κ1) is 12.8. The van der Waals surface area contributed by atoms with Crippen LogP contribution in [0.3, 0.4) is 0 Å². The van der Waals surface area contributed by atoms with Gasteiger partial charge < -0.3 is 9.90 Å². The van der Waals surface area contributed by atoms with Gasteiger partial charge in [-0.3, -0.25) is 9.89 Å². The molecule has 1 N–H and O–H groups in total. The number of carboxylic acid groups (broad SMARTS) is 1. The van der Waals surface area contributed by atoms with Crippen molar-refractivity contribution in [2.24, 2.45) is 5.10 Å². The standard InChI is InChI=1S/C11H8N4O3S/c16-9-6-12-14-11(19)15(9)13-5-7-1-3-8(4-2-7)10(17)18/h1-6H,(H,14,19)(H,17,18)/p-1/b13-5+. The minimum Gasteiger partial charge on any atom is -0.545 e. The molecule has 1 aromatic carbocycles. The number of aromatic carboxylic acids is 1. The van der Waals surface area contributed by atoms with Gasteiger partial charge >= 0.3 is 0 Å². The first-order valence-electron chi connectivity index (χ1n) is 5.10. The molecule has 1 aromatic heterocycles. The maximum absolute atomic E-state index is 11.4. The molecule has 96 valence electrons. The third-order valence-corrected chi connectivity index (χ3v) is 2.47. The highest BCUT2D eigenvalue weighted by molar-refractivity contribution is 7.71. The van der Waals surface area contributed by atoms with Gasteiger partial charge in [0.1, 0.15) is 6.20 Å². The van der Waals surface area contributed by atoms with Crippen LogP contribution in [0.25, 0.3) is 0 Å². The Morgan fingerprint density at radius 3 is 2.68 bits per heavy atom. The van der Waals surface area contributed by atoms with E-state index in [-0.39, 0.29) is 10.3 Å². The summed E-state index contributed by atoms with van der Waals surface area (Å²) in [6, 6.07) is 5.83. The number of carboxylic acids is 1. The van der Waals surface area contributed by atoms with Crippen LogP contribution in [0.1, 0.15) is 15.9 Å². The molecule has 0 saturated carbocycles. The molecule has 0 fully saturated rings. The summed E-state index contributed by atoms with van der Waals surface area (Å²) in [7, 11) is 0. The van der Waals surface area contributed by atoms with Crippen molar-refractivity contribution >= 4 is 24.4 Å². The van der Waals surface area contributed by atoms with Gasteiger partial charge in [0.2, 0.25) is 4.77 Å². The maximum atomic E-state index is 11.4. The predicted molar refractivity (Wildman–Crippen MR) is 67.4 cm³/mol. The fraction of sp³-hybridized carbons (Fsp3) is 0. The van der Waals surface area contributed by atoms with Crippen molar-refractivity contribution in [2.45, 2.75) is 0 Å². The lowest BCUT2D eigenvalue weighted by atomic mass is 10.1. The van der Waals surface area contributed by atoms with E-state index in [1.807, 2.05) is 0 Å². The zero-order valence-corrected chi connectivity index (χ0v) is 10.3. The minimum absolute atomic E-state index is 0.0649. The molecule has 0 amide bonds. The van der Waals surface area contributed by atoms with E-state index < -0.39 is 11.5 Å². The molecule has 0 radical (unpaired) electrons. The van der Waals surface area contributed by atoms with Gasteiger partial charge in [-0.25, -0.2) is 0 Å². The van der Waals surface area contributed by atoms with Crippen LogP contribution in [0, 0.1) is 4.77 Å². The summed E-state index contributed by atoms with van der Waals surface area (Å²) in [5.74, 6) is -1.25. The fourth-order valence-corrected chi connectivity index (χ4v) is 1.47. The van der Waals surface area contributed by atoms with Gasteiger partial charge in [-0.15, -0.1) is 0 Å². The number of hydrogen-bond donors (Lipinski definition) is 1. The second kappa shape index (κ2) is 5.36. The summed E-state index contributed by atoms with van der Waals surface area (Å²) in [4.78, 5) is 22.0. The molecule has 0 unspecified atom stereocenters. The topological polar surface area (TPSA) is 103 Å². The summed E-state index contributed by atoms with van der Waals surface area (Å²) in [5, 5.41) is 20.4. The maximum Gasteiger partial charge on any atom is 0.293 e. The zero-order chi connectivity index (χ0) is 13.8. The molecule has 0 aliphatic rings. The second-order valence-electron chi connectivity index (χ2n) is 3.48. The molecule has 0 saturated heterocycles. The van der Waals surface area contributed by atoms with Gasteiger partial charge in [0.15, 0.2) is 0 Å². The lowest BCUT2D eigenvalue weighted by molar-refractivity contribution is -0.255. The minimum atomic E-state index is -1.25. The van der Waals surface area contributed by atoms with Gasteiger partial charge in [-0.2, -0.15) is 14.9 Å². The Morgan fingerprint density at radius 1 is 1.42 bits per heavy atom. The van der Waals surface area contributed by atoms with Crippen molar-refractivity contribution in [1.29, 1.82) is 0 Å². The van der Waals surface area contributed by atoms with Crippen LogP contribution in [0.15, 0.2) is 40.4 Å². The smallest absolute Gasteiger partial charge is 0.293 e. The first-order valence-corrected chi connectivity index (χ1v) is 5.51. The van der Waals surface area contributed by atoms with Gasteiger partial charge in [-0.05, 0) is 23.3 Å². The van der Waals surface area contributed by atoms with E-state index in [1.165, 1.54) is 30.5 Å². The van der Waals surface area contributed by atoms with Crippen molar-refractivity contribution in [3.05, 3.63) is 56.7 Å². The number of carbonyl (C=O) groups is 1. The number of benzene rings is 1. The number of carbonyl (C=O) groups excluding carboxylic acids is 1. The fourth-order valence-electron chi connectivity index (χ4n) is 1.28. The summed E-state index contributed by atoms with van der Waals surface area (Å²) in [6.07, 6.45) is 2.43. The number of H-pyrrole nitrogens is 1. The van der Waals surface area contributed by atoms with Crippen LogP contribution in [0.2, 0.25) is 0 Å². The number of aromatic nitrogens is 3. The normalized spacial score (nSPS) is 10.7. The molecule has 2 rings (SSSR count). The summed E-state index contributed by atoms with van der Waals surface area (Å²) in [6.45, 7) is 0. The molecular weight excluding hydrogens is 268 g/mol. The zero-order valence-electron chi connectivity index (χ0n) is 9.44. The SMILES string of the molecule is O=C([O-])c1ccc(/C=N/n2c(=O)cn[nH]c2=S)cc1. The molecule has 8 heteroatoms. The number of nitrogens with one attached hydrogen (secondary N) is 1. The highest BCUT2D eigenvalue weighted by Gasteiger charge is 1.96. The van der Waals surface area contributed by atoms with Crippen LogP contribution in [0.4, 0.5) is 0 Å². The summed E-state index contributed by atoms with van der Waals surface area (Å²) >= 11 is 4.86. The van der Waals surface area contributed by atoms with Crippen LogP contribution in [-0.4, -0.2) is 27.1 Å². The monoisotopic (exact) mass is 275 g/mol. The van der Waals surface area contributed by atoms with Crippen molar-refractivity contribution in [2.75, 3.05) is 0 Å². The predicted octanol–water partition coefficient (Wildman–Crippen LogP) is -0.453. The first-order chi connectivity index (χ1) is 9.08. The third-order valence-electron chi connectivity index (χ3n) is 2.20. The Hall–Kier alpha value is -2.61. The van der Waals surface area contributed by atoms with Crippen LogP contribution >= 0.6 is 12.2 Å². The van der Waals surface area contributed by atoms with Gasteiger partial charge in [-0.1, -0.05) is 24.3 Å². The van der Waals surface area contributed by atoms with E-state index in [0.717, 1.165) is 10.9 Å². The molecule has 19 heavy (non-hydrogen) atoms. The van der Waals surface area contributed by atoms with E-state index in [0.29, 0.717) is 5.56 Å². The summed E-state index contributed by atoms with van der Waals surface area (Å²) in [5.41, 5.74) is 0.213. The van der Waals surface area contributed by atoms with Crippen molar-refractivity contribution in [3.63, 3.8) is 0 Å². The molecule has 2 aromatic rings. The second-order valence-corrected chi connectivity index (χ2v) is 3.87. The third kappa shape index (κ3) is 2.99. The van der Waals surface area contributed by atoms with Crippen LogP contribution in [0.5, 0.6) is 0 Å². The quantitative estimate of drug-likeness (QED) is 0.603. The molecule has 0 atom stereocenters. The molecule has 0 spiro atoms. The Bertz CT molecular complexity index is 717. The lowest BCUT2D eigenvalue weighted by Crippen LogP contribution is -2.22. The number of aromatic amines is 1. The Balaban J connectivity index is 2.31. The summed E-state index contributed by atoms with van der Waals surface area (Å²) < 4.78 is 1.03. The molecule has 1 heterocycles. The Labute approximate surface area is 111 Å². The van der Waals surface area contributed by atoms with Crippen molar-refractivity contribution < 1.29 is 9.90 Å². The average Bonchev–Trinajstić information content (AvgIpc) is 2.38. The molecule has 0 bridgehead atoms. The van der Waals surface area contributed by atoms with Crippen LogP contribution in [-0.2, 0) is 0 Å². The number of hydrogen-bond acceptors (Lipinski definition) is 6. The van der Waals surface area contributed by atoms with Gasteiger partial charge in [0.25, 0.3) is 5.56 Å². The average molecular weight is 275 g/mol. The van der Waals surface area contributed by atoms with Crippen molar-refractivity contribution in [3.8, 4) is 0 Å². The highest BCUT2D eigenvalue weighted by atomic mass is 32.1. The van der Waals surface area contributed by atoms with E-state index in [9.17, 15) is 14.7 Å². The molecular formula is C11H7N4O3S-.